The molecule has 5 rings (SSSR count). The van der Waals surface area contributed by atoms with Crippen molar-refractivity contribution in [1.29, 1.82) is 0 Å². The zero-order valence-corrected chi connectivity index (χ0v) is 12.4. The number of benzene rings is 1. The smallest absolute Gasteiger partial charge is 0.158 e. The molecule has 106 valence electrons. The van der Waals surface area contributed by atoms with Crippen LogP contribution in [0, 0.1) is 10.8 Å². The Kier molecular flexibility index (Phi) is 2.33. The van der Waals surface area contributed by atoms with Gasteiger partial charge in [0.15, 0.2) is 5.78 Å². The average Bonchev–Trinajstić information content (AvgIpc) is 2.35. The van der Waals surface area contributed by atoms with Gasteiger partial charge >= 0.3 is 0 Å². The van der Waals surface area contributed by atoms with Crippen molar-refractivity contribution in [2.75, 3.05) is 32.8 Å². The van der Waals surface area contributed by atoms with E-state index in [-0.39, 0.29) is 10.8 Å². The van der Waals surface area contributed by atoms with Crippen molar-refractivity contribution in [3.63, 3.8) is 0 Å². The van der Waals surface area contributed by atoms with Crippen LogP contribution < -0.4 is 0 Å². The van der Waals surface area contributed by atoms with Gasteiger partial charge in [0.05, 0.1) is 23.9 Å². The first kappa shape index (κ1) is 12.5. The first-order chi connectivity index (χ1) is 9.43. The molecular formula is C17H23N2O+. The van der Waals surface area contributed by atoms with Crippen molar-refractivity contribution in [1.82, 2.24) is 4.90 Å². The molecule has 20 heavy (non-hydrogen) atoms. The molecule has 1 aromatic carbocycles. The maximum absolute atomic E-state index is 12.8. The van der Waals surface area contributed by atoms with Crippen molar-refractivity contribution in [3.05, 3.63) is 35.9 Å². The summed E-state index contributed by atoms with van der Waals surface area (Å²) < 4.78 is 1.07. The first-order valence-corrected chi connectivity index (χ1v) is 7.60. The van der Waals surface area contributed by atoms with E-state index in [2.05, 4.69) is 49.1 Å². The summed E-state index contributed by atoms with van der Waals surface area (Å²) in [6.45, 7) is 10.5. The van der Waals surface area contributed by atoms with E-state index in [0.29, 0.717) is 5.78 Å². The lowest BCUT2D eigenvalue weighted by Gasteiger charge is -2.65. The third kappa shape index (κ3) is 1.63. The largest absolute Gasteiger partial charge is 0.306 e. The molecule has 0 radical (unpaired) electrons. The molecular weight excluding hydrogens is 248 g/mol. The van der Waals surface area contributed by atoms with Gasteiger partial charge in [-0.15, -0.1) is 0 Å². The van der Waals surface area contributed by atoms with E-state index in [9.17, 15) is 4.79 Å². The third-order valence-electron chi connectivity index (χ3n) is 5.47. The van der Waals surface area contributed by atoms with Gasteiger partial charge in [0.1, 0.15) is 13.2 Å². The lowest BCUT2D eigenvalue weighted by Crippen LogP contribution is -2.81. The minimum atomic E-state index is -0.127. The van der Waals surface area contributed by atoms with E-state index in [0.717, 1.165) is 43.9 Å². The highest BCUT2D eigenvalue weighted by Gasteiger charge is 2.66. The van der Waals surface area contributed by atoms with Crippen LogP contribution in [-0.2, 0) is 11.3 Å². The Balaban J connectivity index is 1.72. The lowest BCUT2D eigenvalue weighted by molar-refractivity contribution is -0.975. The van der Waals surface area contributed by atoms with E-state index in [1.165, 1.54) is 5.56 Å². The number of Topliss-reactive ketones (excluding diaryl/α,β-unsaturated/α-hetero) is 1. The number of rotatable bonds is 2. The van der Waals surface area contributed by atoms with Crippen LogP contribution in [-0.4, -0.2) is 48.0 Å². The Morgan fingerprint density at radius 2 is 1.70 bits per heavy atom. The highest BCUT2D eigenvalue weighted by molar-refractivity contribution is 5.92. The Bertz CT molecular complexity index is 546. The highest BCUT2D eigenvalue weighted by atomic mass is 16.1. The average molecular weight is 271 g/mol. The van der Waals surface area contributed by atoms with Gasteiger partial charge < -0.3 is 4.48 Å². The predicted octanol–water partition coefficient (Wildman–Crippen LogP) is 1.89. The fourth-order valence-corrected chi connectivity index (χ4v) is 5.45. The van der Waals surface area contributed by atoms with E-state index < -0.39 is 0 Å². The molecule has 3 nitrogen and oxygen atoms in total. The minimum absolute atomic E-state index is 0.127. The summed E-state index contributed by atoms with van der Waals surface area (Å²) >= 11 is 0. The fraction of sp³-hybridized carbons (Fsp3) is 0.588. The molecule has 0 N–H and O–H groups in total. The van der Waals surface area contributed by atoms with E-state index in [1.807, 2.05) is 0 Å². The summed E-state index contributed by atoms with van der Waals surface area (Å²) in [4.78, 5) is 15.3. The number of hydrogen-bond donors (Lipinski definition) is 0. The molecule has 4 heterocycles. The van der Waals surface area contributed by atoms with Crippen LogP contribution in [0.2, 0.25) is 0 Å². The second-order valence-electron chi connectivity index (χ2n) is 7.88. The number of nitrogens with zero attached hydrogens (tertiary/aromatic N) is 2. The zero-order chi connectivity index (χ0) is 14.0. The molecule has 4 atom stereocenters. The topological polar surface area (TPSA) is 20.3 Å². The Hall–Kier alpha value is -1.19. The van der Waals surface area contributed by atoms with Gasteiger partial charge in [0.2, 0.25) is 0 Å². The fourth-order valence-electron chi connectivity index (χ4n) is 5.45. The predicted molar refractivity (Wildman–Crippen MR) is 77.8 cm³/mol. The maximum atomic E-state index is 12.8. The standard InChI is InChI=1S/C17H23N2O/c1-16-9-18-10-17(2,15(16)20)12-19(11-16,13-18)8-14-6-4-3-5-7-14/h3-7H,8-13H2,1-2H3/q+1/t16-,17+,19?. The zero-order valence-electron chi connectivity index (χ0n) is 12.4. The van der Waals surface area contributed by atoms with Crippen molar-refractivity contribution in [3.8, 4) is 0 Å². The monoisotopic (exact) mass is 271 g/mol. The van der Waals surface area contributed by atoms with Crippen LogP contribution in [0.15, 0.2) is 30.3 Å². The highest BCUT2D eigenvalue weighted by Crippen LogP contribution is 2.50. The van der Waals surface area contributed by atoms with Crippen LogP contribution in [0.5, 0.6) is 0 Å². The van der Waals surface area contributed by atoms with Crippen molar-refractivity contribution in [2.45, 2.75) is 20.4 Å². The first-order valence-electron chi connectivity index (χ1n) is 7.60. The number of piperidine rings is 2. The molecule has 4 bridgehead atoms. The summed E-state index contributed by atoms with van der Waals surface area (Å²) in [6.07, 6.45) is 0. The minimum Gasteiger partial charge on any atom is -0.306 e. The summed E-state index contributed by atoms with van der Waals surface area (Å²) in [5.74, 6) is 0.516. The van der Waals surface area contributed by atoms with E-state index >= 15 is 0 Å². The second-order valence-corrected chi connectivity index (χ2v) is 7.88. The molecule has 3 heteroatoms. The molecule has 0 aromatic heterocycles. The van der Waals surface area contributed by atoms with Crippen LogP contribution in [0.1, 0.15) is 19.4 Å². The summed E-state index contributed by atoms with van der Waals surface area (Å²) in [5, 5.41) is 0. The number of carbonyl (C=O) groups is 1. The molecule has 4 aliphatic heterocycles. The van der Waals surface area contributed by atoms with E-state index in [1.54, 1.807) is 0 Å². The molecule has 4 saturated heterocycles. The molecule has 2 unspecified atom stereocenters. The number of carbonyl (C=O) groups excluding carboxylic acids is 1. The molecule has 0 saturated carbocycles. The summed E-state index contributed by atoms with van der Waals surface area (Å²) in [7, 11) is 0. The van der Waals surface area contributed by atoms with Crippen LogP contribution in [0.4, 0.5) is 0 Å². The van der Waals surface area contributed by atoms with Gasteiger partial charge in [0.25, 0.3) is 0 Å². The van der Waals surface area contributed by atoms with E-state index in [4.69, 9.17) is 0 Å². The summed E-state index contributed by atoms with van der Waals surface area (Å²) in [5.41, 5.74) is 1.15. The van der Waals surface area contributed by atoms with Gasteiger partial charge in [-0.3, -0.25) is 9.69 Å². The maximum Gasteiger partial charge on any atom is 0.158 e. The van der Waals surface area contributed by atoms with Crippen molar-refractivity contribution < 1.29 is 9.28 Å². The second kappa shape index (κ2) is 3.71. The number of quaternary nitrogens is 1. The van der Waals surface area contributed by atoms with Gasteiger partial charge in [-0.2, -0.15) is 0 Å². The van der Waals surface area contributed by atoms with Gasteiger partial charge in [-0.05, 0) is 13.8 Å². The molecule has 4 aliphatic rings. The Morgan fingerprint density at radius 1 is 1.10 bits per heavy atom. The number of hydrogen-bond acceptors (Lipinski definition) is 2. The third-order valence-corrected chi connectivity index (χ3v) is 5.47. The molecule has 0 amide bonds. The van der Waals surface area contributed by atoms with Crippen LogP contribution >= 0.6 is 0 Å². The quantitative estimate of drug-likeness (QED) is 0.766. The van der Waals surface area contributed by atoms with Crippen LogP contribution in [0.3, 0.4) is 0 Å². The molecule has 0 spiro atoms. The SMILES string of the molecule is C[C@]12CN3C[C@](C)(C[N+](Cc4ccccc4)(C3)C1)C2=O. The molecule has 1 aromatic rings. The Labute approximate surface area is 120 Å². The van der Waals surface area contributed by atoms with Gasteiger partial charge in [0, 0.05) is 18.7 Å². The van der Waals surface area contributed by atoms with Crippen molar-refractivity contribution >= 4 is 5.78 Å². The van der Waals surface area contributed by atoms with Crippen LogP contribution in [0.25, 0.3) is 0 Å². The summed E-state index contributed by atoms with van der Waals surface area (Å²) in [6, 6.07) is 10.8. The number of ketones is 1. The lowest BCUT2D eigenvalue weighted by atomic mass is 9.61. The van der Waals surface area contributed by atoms with Crippen molar-refractivity contribution in [2.24, 2.45) is 10.8 Å². The molecule has 0 aliphatic carbocycles. The molecule has 4 fully saturated rings. The normalized spacial score (nSPS) is 45.9. The van der Waals surface area contributed by atoms with Gasteiger partial charge in [-0.1, -0.05) is 30.3 Å². The Morgan fingerprint density at radius 3 is 2.30 bits per heavy atom. The van der Waals surface area contributed by atoms with Gasteiger partial charge in [-0.25, -0.2) is 0 Å².